The number of nitrogens with two attached hydrogens (primary N) is 1. The van der Waals surface area contributed by atoms with Gasteiger partial charge in [0.15, 0.2) is 34.7 Å². The Balaban J connectivity index is 1.46. The molecule has 2 aromatic carbocycles. The van der Waals surface area contributed by atoms with E-state index >= 15 is 0 Å². The first-order chi connectivity index (χ1) is 20.6. The molecule has 3 saturated carbocycles. The summed E-state index contributed by atoms with van der Waals surface area (Å²) in [5.74, 6) is -9.13. The molecule has 0 heterocycles. The van der Waals surface area contributed by atoms with E-state index in [2.05, 4.69) is 5.32 Å². The number of fused-ring (bicyclic) bond motifs is 3. The molecule has 230 valence electrons. The van der Waals surface area contributed by atoms with Crippen LogP contribution in [0.5, 0.6) is 5.75 Å². The summed E-state index contributed by atoms with van der Waals surface area (Å²) in [6.45, 7) is 3.19. The van der Waals surface area contributed by atoms with Gasteiger partial charge >= 0.3 is 0 Å². The van der Waals surface area contributed by atoms with Crippen molar-refractivity contribution in [3.63, 3.8) is 0 Å². The van der Waals surface area contributed by atoms with Crippen molar-refractivity contribution in [2.24, 2.45) is 34.3 Å². The second-order valence-electron chi connectivity index (χ2n) is 13.6. The summed E-state index contributed by atoms with van der Waals surface area (Å²) in [6, 6.07) is 8.91. The quantitative estimate of drug-likeness (QED) is 0.370. The summed E-state index contributed by atoms with van der Waals surface area (Å²) in [5, 5.41) is 25.9. The van der Waals surface area contributed by atoms with Gasteiger partial charge in [-0.2, -0.15) is 0 Å². The maximum Gasteiger partial charge on any atom is 0.235 e. The second-order valence-corrected chi connectivity index (χ2v) is 13.6. The van der Waals surface area contributed by atoms with Crippen LogP contribution < -0.4 is 11.1 Å². The van der Waals surface area contributed by atoms with Crippen molar-refractivity contribution in [3.05, 3.63) is 47.5 Å². The highest BCUT2D eigenvalue weighted by Crippen LogP contribution is 2.62. The number of Topliss-reactive ketones (excluding diaryl/α,β-unsaturated/α-hetero) is 4. The fourth-order valence-electron chi connectivity index (χ4n) is 8.31. The summed E-state index contributed by atoms with van der Waals surface area (Å²) in [4.78, 5) is 81.8. The van der Waals surface area contributed by atoms with E-state index in [9.17, 15) is 39.0 Å². The highest BCUT2D eigenvalue weighted by molar-refractivity contribution is 6.33. The Morgan fingerprint density at radius 2 is 1.61 bits per heavy atom. The van der Waals surface area contributed by atoms with E-state index in [0.717, 1.165) is 12.8 Å². The number of likely N-dealkylation sites (N-methyl/N-ethyl adjacent to an activating group) is 1. The Morgan fingerprint density at radius 3 is 2.18 bits per heavy atom. The van der Waals surface area contributed by atoms with Crippen molar-refractivity contribution in [1.82, 2.24) is 4.90 Å². The predicted octanol–water partition coefficient (Wildman–Crippen LogP) is 1.66. The first-order valence-electron chi connectivity index (χ1n) is 14.7. The lowest BCUT2D eigenvalue weighted by Crippen LogP contribution is -2.79. The Kier molecular flexibility index (Phi) is 6.54. The maximum atomic E-state index is 14.4. The monoisotopic (exact) mass is 601 g/mol. The van der Waals surface area contributed by atoms with E-state index in [-0.39, 0.29) is 36.0 Å². The first kappa shape index (κ1) is 29.8. The number of hydrogen-bond acceptors (Lipinski definition) is 9. The number of carbonyl (C=O) groups is 6. The zero-order chi connectivity index (χ0) is 32.1. The van der Waals surface area contributed by atoms with Crippen LogP contribution in [0.2, 0.25) is 0 Å². The fourth-order valence-corrected chi connectivity index (χ4v) is 8.31. The van der Waals surface area contributed by atoms with Gasteiger partial charge in [0.25, 0.3) is 0 Å². The molecule has 11 nitrogen and oxygen atoms in total. The van der Waals surface area contributed by atoms with Crippen LogP contribution >= 0.6 is 0 Å². The van der Waals surface area contributed by atoms with Gasteiger partial charge in [-0.3, -0.25) is 33.7 Å². The number of phenolic OH excluding ortho intramolecular Hbond substituents is 1. The Labute approximate surface area is 253 Å². The Hall–Kier alpha value is -4.22. The molecule has 0 radical (unpaired) electrons. The highest BCUT2D eigenvalue weighted by Gasteiger charge is 2.76. The van der Waals surface area contributed by atoms with Crippen LogP contribution in [-0.2, 0) is 30.4 Å². The van der Waals surface area contributed by atoms with Crippen LogP contribution in [0.3, 0.4) is 0 Å². The van der Waals surface area contributed by atoms with Crippen LogP contribution in [-0.4, -0.2) is 75.8 Å². The molecule has 2 unspecified atom stereocenters. The number of ketones is 4. The lowest BCUT2D eigenvalue weighted by atomic mass is 9.42. The van der Waals surface area contributed by atoms with E-state index in [0.29, 0.717) is 22.4 Å². The summed E-state index contributed by atoms with van der Waals surface area (Å²) < 4.78 is 0. The highest BCUT2D eigenvalue weighted by atomic mass is 16.3. The lowest BCUT2D eigenvalue weighted by Gasteiger charge is -2.61. The van der Waals surface area contributed by atoms with Gasteiger partial charge in [-0.05, 0) is 80.1 Å². The van der Waals surface area contributed by atoms with E-state index < -0.39 is 63.3 Å². The van der Waals surface area contributed by atoms with Gasteiger partial charge in [0, 0.05) is 17.0 Å². The number of rotatable bonds is 5. The molecule has 3 fully saturated rings. The molecular weight excluding hydrogens is 566 g/mol. The molecule has 6 atom stereocenters. The second kappa shape index (κ2) is 9.64. The predicted molar refractivity (Wildman–Crippen MR) is 157 cm³/mol. The van der Waals surface area contributed by atoms with Gasteiger partial charge in [0.1, 0.15) is 5.75 Å². The summed E-state index contributed by atoms with van der Waals surface area (Å²) >= 11 is 0. The van der Waals surface area contributed by atoms with Gasteiger partial charge in [-0.1, -0.05) is 32.0 Å². The molecule has 4 aliphatic rings. The minimum atomic E-state index is -2.85. The molecule has 2 aromatic rings. The topological polar surface area (TPSA) is 184 Å². The number of phenols is 1. The standard InChI is InChI=1S/C33H35N3O8/c1-31-13-19-18(15-7-9-17(10-8-15)35-30(43)16-5-6-16)11-12-20(37)21(19)24(38)23(31)28(41)33(44)27(40)22(29(34)42)25(39)26(36(3)4)32(33,2)14-31/h7-12,16,22-23,26,37,44H,5-6,13-14H2,1-4H3,(H2,34,42)(H,35,43)/t22?,23?,26-,31+,32+,33-/m1/s1. The molecule has 0 aromatic heterocycles. The largest absolute Gasteiger partial charge is 0.507 e. The first-order valence-corrected chi connectivity index (χ1v) is 14.7. The molecular formula is C33H35N3O8. The average molecular weight is 602 g/mol. The zero-order valence-corrected chi connectivity index (χ0v) is 25.0. The number of aliphatic hydroxyl groups is 1. The van der Waals surface area contributed by atoms with Crippen LogP contribution in [0.15, 0.2) is 36.4 Å². The molecule has 5 N–H and O–H groups in total. The number of carbonyl (C=O) groups excluding carboxylic acids is 6. The van der Waals surface area contributed by atoms with E-state index in [1.54, 1.807) is 51.4 Å². The van der Waals surface area contributed by atoms with Crippen molar-refractivity contribution in [3.8, 4) is 16.9 Å². The third-order valence-electron chi connectivity index (χ3n) is 10.3. The number of amides is 2. The molecule has 0 spiro atoms. The van der Waals surface area contributed by atoms with Gasteiger partial charge in [-0.15, -0.1) is 0 Å². The third-order valence-corrected chi connectivity index (χ3v) is 10.3. The molecule has 11 heteroatoms. The molecule has 0 aliphatic heterocycles. The molecule has 44 heavy (non-hydrogen) atoms. The maximum absolute atomic E-state index is 14.4. The molecule has 0 bridgehead atoms. The Morgan fingerprint density at radius 1 is 0.977 bits per heavy atom. The number of anilines is 1. The van der Waals surface area contributed by atoms with Crippen molar-refractivity contribution >= 4 is 40.6 Å². The minimum Gasteiger partial charge on any atom is -0.507 e. The number of nitrogens with one attached hydrogen (secondary N) is 1. The summed E-state index contributed by atoms with van der Waals surface area (Å²) in [5.41, 5.74) is 2.11. The third kappa shape index (κ3) is 3.95. The van der Waals surface area contributed by atoms with Crippen molar-refractivity contribution < 1.29 is 39.0 Å². The lowest BCUT2D eigenvalue weighted by molar-refractivity contribution is -0.203. The number of benzene rings is 2. The fraction of sp³-hybridized carbons (Fsp3) is 0.455. The molecule has 4 aliphatic carbocycles. The van der Waals surface area contributed by atoms with Crippen molar-refractivity contribution in [2.45, 2.75) is 51.2 Å². The number of primary amides is 1. The van der Waals surface area contributed by atoms with E-state index in [4.69, 9.17) is 5.73 Å². The van der Waals surface area contributed by atoms with Crippen LogP contribution in [0.25, 0.3) is 11.1 Å². The summed E-state index contributed by atoms with van der Waals surface area (Å²) in [7, 11) is 3.10. The van der Waals surface area contributed by atoms with E-state index in [1.807, 2.05) is 0 Å². The average Bonchev–Trinajstić information content (AvgIpc) is 3.77. The minimum absolute atomic E-state index is 0.0300. The molecule has 2 amide bonds. The van der Waals surface area contributed by atoms with Crippen molar-refractivity contribution in [1.29, 1.82) is 0 Å². The van der Waals surface area contributed by atoms with Gasteiger partial charge in [0.05, 0.1) is 17.5 Å². The number of aromatic hydroxyl groups is 1. The Bertz CT molecular complexity index is 1680. The normalized spacial score (nSPS) is 33.0. The van der Waals surface area contributed by atoms with Gasteiger partial charge < -0.3 is 21.3 Å². The molecule has 6 rings (SSSR count). The number of nitrogens with zero attached hydrogens (tertiary/aromatic N) is 1. The molecule has 0 saturated heterocycles. The SMILES string of the molecule is CN(C)[C@@H]1C(=O)C(C(N)=O)C(=O)[C@@]2(O)C(=O)C3C(=O)c4c(O)ccc(-c5ccc(NC(=O)C6CC6)cc5)c4C[C@@]3(C)C[C@@]12C. The number of hydrogen-bond donors (Lipinski definition) is 4. The van der Waals surface area contributed by atoms with E-state index in [1.165, 1.54) is 17.9 Å². The smallest absolute Gasteiger partial charge is 0.235 e. The van der Waals surface area contributed by atoms with Gasteiger partial charge in [-0.25, -0.2) is 0 Å². The van der Waals surface area contributed by atoms with Crippen LogP contribution in [0.1, 0.15) is 49.0 Å². The van der Waals surface area contributed by atoms with Crippen LogP contribution in [0, 0.1) is 28.6 Å². The van der Waals surface area contributed by atoms with Crippen molar-refractivity contribution in [2.75, 3.05) is 19.4 Å². The van der Waals surface area contributed by atoms with Crippen LogP contribution in [0.4, 0.5) is 5.69 Å². The zero-order valence-electron chi connectivity index (χ0n) is 25.0. The van der Waals surface area contributed by atoms with Gasteiger partial charge in [0.2, 0.25) is 11.8 Å². The summed E-state index contributed by atoms with van der Waals surface area (Å²) in [6.07, 6.45) is 1.77.